The fraction of sp³-hybridized carbons (Fsp3) is 0.455. The zero-order chi connectivity index (χ0) is 12.3. The summed E-state index contributed by atoms with van der Waals surface area (Å²) in [6.45, 7) is 4.79. The highest BCUT2D eigenvalue weighted by Crippen LogP contribution is 2.12. The molecule has 0 bridgehead atoms. The van der Waals surface area contributed by atoms with Crippen molar-refractivity contribution in [1.82, 2.24) is 24.7 Å². The van der Waals surface area contributed by atoms with Crippen molar-refractivity contribution in [2.45, 2.75) is 26.3 Å². The number of aromatic nitrogens is 5. The van der Waals surface area contributed by atoms with Gasteiger partial charge in [0.1, 0.15) is 6.33 Å². The molecular formula is C11H16N6. The van der Waals surface area contributed by atoms with Gasteiger partial charge in [-0.2, -0.15) is 10.1 Å². The van der Waals surface area contributed by atoms with Crippen LogP contribution in [0.25, 0.3) is 0 Å². The van der Waals surface area contributed by atoms with Gasteiger partial charge in [0, 0.05) is 37.5 Å². The summed E-state index contributed by atoms with van der Waals surface area (Å²) in [5, 5.41) is 7.55. The van der Waals surface area contributed by atoms with Crippen LogP contribution in [-0.2, 0) is 13.6 Å². The Hall–Kier alpha value is -1.98. The normalized spacial score (nSPS) is 10.8. The van der Waals surface area contributed by atoms with Crippen molar-refractivity contribution in [2.75, 3.05) is 5.32 Å². The van der Waals surface area contributed by atoms with Gasteiger partial charge in [-0.05, 0) is 0 Å². The minimum atomic E-state index is 0.330. The van der Waals surface area contributed by atoms with Crippen molar-refractivity contribution >= 4 is 5.95 Å². The Bertz CT molecular complexity index is 476. The van der Waals surface area contributed by atoms with Gasteiger partial charge in [0.25, 0.3) is 0 Å². The maximum absolute atomic E-state index is 4.42. The molecule has 0 radical (unpaired) electrons. The van der Waals surface area contributed by atoms with Crippen LogP contribution in [0.15, 0.2) is 18.7 Å². The molecule has 0 fully saturated rings. The molecule has 2 aromatic heterocycles. The molecule has 0 amide bonds. The van der Waals surface area contributed by atoms with E-state index in [1.54, 1.807) is 17.1 Å². The Morgan fingerprint density at radius 2 is 2.00 bits per heavy atom. The molecule has 1 N–H and O–H groups in total. The van der Waals surface area contributed by atoms with E-state index in [1.807, 2.05) is 7.05 Å². The number of hydrogen-bond donors (Lipinski definition) is 1. The molecule has 2 aromatic rings. The number of nitrogens with one attached hydrogen (secondary N) is 1. The average Bonchev–Trinajstić information content (AvgIpc) is 2.70. The highest BCUT2D eigenvalue weighted by Gasteiger charge is 2.09. The lowest BCUT2D eigenvalue weighted by molar-refractivity contribution is 0.710. The molecule has 0 unspecified atom stereocenters. The van der Waals surface area contributed by atoms with E-state index >= 15 is 0 Å². The maximum Gasteiger partial charge on any atom is 0.221 e. The summed E-state index contributed by atoms with van der Waals surface area (Å²) in [5.41, 5.74) is 1.02. The SMILES string of the molecule is CC(C)c1nc(NCc2cncnc2)n(C)n1. The lowest BCUT2D eigenvalue weighted by Gasteiger charge is -2.03. The highest BCUT2D eigenvalue weighted by molar-refractivity contribution is 5.27. The van der Waals surface area contributed by atoms with Crippen molar-refractivity contribution in [3.8, 4) is 0 Å². The lowest BCUT2D eigenvalue weighted by atomic mass is 10.2. The van der Waals surface area contributed by atoms with Crippen molar-refractivity contribution < 1.29 is 0 Å². The number of hydrogen-bond acceptors (Lipinski definition) is 5. The average molecular weight is 232 g/mol. The first-order valence-electron chi connectivity index (χ1n) is 5.55. The second-order valence-electron chi connectivity index (χ2n) is 4.17. The third-order valence-electron chi connectivity index (χ3n) is 2.36. The third kappa shape index (κ3) is 2.77. The van der Waals surface area contributed by atoms with Gasteiger partial charge in [0.2, 0.25) is 5.95 Å². The van der Waals surface area contributed by atoms with E-state index in [2.05, 4.69) is 39.2 Å². The molecule has 0 aliphatic carbocycles. The van der Waals surface area contributed by atoms with Crippen LogP contribution in [0.1, 0.15) is 31.2 Å². The van der Waals surface area contributed by atoms with Crippen molar-refractivity contribution in [3.63, 3.8) is 0 Å². The second kappa shape index (κ2) is 4.90. The zero-order valence-corrected chi connectivity index (χ0v) is 10.3. The Morgan fingerprint density at radius 1 is 1.29 bits per heavy atom. The molecule has 0 aliphatic heterocycles. The first-order chi connectivity index (χ1) is 8.16. The van der Waals surface area contributed by atoms with Gasteiger partial charge in [-0.15, -0.1) is 0 Å². The van der Waals surface area contributed by atoms with Crippen LogP contribution in [0, 0.1) is 0 Å². The quantitative estimate of drug-likeness (QED) is 0.861. The summed E-state index contributed by atoms with van der Waals surface area (Å²) in [6.07, 6.45) is 5.07. The smallest absolute Gasteiger partial charge is 0.221 e. The largest absolute Gasteiger partial charge is 0.350 e. The van der Waals surface area contributed by atoms with Gasteiger partial charge in [0.15, 0.2) is 5.82 Å². The molecule has 0 saturated heterocycles. The molecule has 17 heavy (non-hydrogen) atoms. The van der Waals surface area contributed by atoms with Gasteiger partial charge >= 0.3 is 0 Å². The van der Waals surface area contributed by atoms with Crippen molar-refractivity contribution in [2.24, 2.45) is 7.05 Å². The summed E-state index contributed by atoms with van der Waals surface area (Å²) in [4.78, 5) is 12.3. The Labute approximate surface area is 100 Å². The monoisotopic (exact) mass is 232 g/mol. The molecule has 2 heterocycles. The van der Waals surface area contributed by atoms with Gasteiger partial charge in [-0.3, -0.25) is 0 Å². The number of nitrogens with zero attached hydrogens (tertiary/aromatic N) is 5. The van der Waals surface area contributed by atoms with Crippen molar-refractivity contribution in [1.29, 1.82) is 0 Å². The molecule has 0 aromatic carbocycles. The molecule has 90 valence electrons. The lowest BCUT2D eigenvalue weighted by Crippen LogP contribution is -2.06. The maximum atomic E-state index is 4.42. The predicted molar refractivity (Wildman–Crippen MR) is 64.5 cm³/mol. The third-order valence-corrected chi connectivity index (χ3v) is 2.36. The van der Waals surface area contributed by atoms with Crippen molar-refractivity contribution in [3.05, 3.63) is 30.1 Å². The molecule has 0 aliphatic rings. The number of rotatable bonds is 4. The Balaban J connectivity index is 2.04. The fourth-order valence-electron chi connectivity index (χ4n) is 1.41. The van der Waals surface area contributed by atoms with E-state index in [-0.39, 0.29) is 0 Å². The summed E-state index contributed by atoms with van der Waals surface area (Å²) in [7, 11) is 1.88. The minimum absolute atomic E-state index is 0.330. The predicted octanol–water partition coefficient (Wildman–Crippen LogP) is 1.34. The molecule has 2 rings (SSSR count). The summed E-state index contributed by atoms with van der Waals surface area (Å²) >= 11 is 0. The van der Waals surface area contributed by atoms with E-state index in [0.717, 1.165) is 17.3 Å². The number of aryl methyl sites for hydroxylation is 1. The van der Waals surface area contributed by atoms with Crippen LogP contribution >= 0.6 is 0 Å². The topological polar surface area (TPSA) is 68.5 Å². The van der Waals surface area contributed by atoms with E-state index in [9.17, 15) is 0 Å². The zero-order valence-electron chi connectivity index (χ0n) is 10.3. The molecular weight excluding hydrogens is 216 g/mol. The van der Waals surface area contributed by atoms with Crippen LogP contribution in [0.2, 0.25) is 0 Å². The van der Waals surface area contributed by atoms with E-state index < -0.39 is 0 Å². The standard InChI is InChI=1S/C11H16N6/c1-8(2)10-15-11(17(3)16-10)14-6-9-4-12-7-13-5-9/h4-5,7-8H,6H2,1-3H3,(H,14,15,16). The molecule has 0 spiro atoms. The second-order valence-corrected chi connectivity index (χ2v) is 4.17. The summed E-state index contributed by atoms with van der Waals surface area (Å²) in [6, 6.07) is 0. The van der Waals surface area contributed by atoms with Gasteiger partial charge < -0.3 is 5.32 Å². The fourth-order valence-corrected chi connectivity index (χ4v) is 1.41. The van der Waals surface area contributed by atoms with Crippen LogP contribution in [0.3, 0.4) is 0 Å². The van der Waals surface area contributed by atoms with Crippen LogP contribution in [0.5, 0.6) is 0 Å². The van der Waals surface area contributed by atoms with E-state index in [4.69, 9.17) is 0 Å². The van der Waals surface area contributed by atoms with Crippen LogP contribution in [0.4, 0.5) is 5.95 Å². The van der Waals surface area contributed by atoms with Gasteiger partial charge in [-0.1, -0.05) is 13.8 Å². The Kier molecular flexibility index (Phi) is 3.32. The summed E-state index contributed by atoms with van der Waals surface area (Å²) < 4.78 is 1.75. The van der Waals surface area contributed by atoms with Gasteiger partial charge in [-0.25, -0.2) is 14.6 Å². The molecule has 6 nitrogen and oxygen atoms in total. The highest BCUT2D eigenvalue weighted by atomic mass is 15.4. The van der Waals surface area contributed by atoms with Crippen LogP contribution in [-0.4, -0.2) is 24.7 Å². The van der Waals surface area contributed by atoms with E-state index in [0.29, 0.717) is 12.5 Å². The number of anilines is 1. The van der Waals surface area contributed by atoms with Gasteiger partial charge in [0.05, 0.1) is 0 Å². The Morgan fingerprint density at radius 3 is 2.59 bits per heavy atom. The first kappa shape index (κ1) is 11.5. The first-order valence-corrected chi connectivity index (χ1v) is 5.55. The minimum Gasteiger partial charge on any atom is -0.350 e. The summed E-state index contributed by atoms with van der Waals surface area (Å²) in [5.74, 6) is 1.94. The molecule has 0 saturated carbocycles. The molecule has 6 heteroatoms. The molecule has 0 atom stereocenters. The van der Waals surface area contributed by atoms with E-state index in [1.165, 1.54) is 6.33 Å². The van der Waals surface area contributed by atoms with Crippen LogP contribution < -0.4 is 5.32 Å².